The summed E-state index contributed by atoms with van der Waals surface area (Å²) in [6.07, 6.45) is 12.3. The monoisotopic (exact) mass is 298 g/mol. The molecule has 1 aromatic carbocycles. The van der Waals surface area contributed by atoms with Crippen molar-refractivity contribution in [3.63, 3.8) is 0 Å². The molecule has 3 nitrogen and oxygen atoms in total. The van der Waals surface area contributed by atoms with Crippen LogP contribution in [-0.4, -0.2) is 31.0 Å². The lowest BCUT2D eigenvalue weighted by Crippen LogP contribution is -2.42. The minimum absolute atomic E-state index is 0.0275. The molecule has 1 fully saturated rings. The number of ether oxygens (including phenoxy) is 3. The van der Waals surface area contributed by atoms with Crippen LogP contribution in [0.1, 0.15) is 24.8 Å². The fourth-order valence-corrected chi connectivity index (χ4v) is 2.93. The Hall–Kier alpha value is -1.60. The Morgan fingerprint density at radius 1 is 1.27 bits per heavy atom. The first-order valence-corrected chi connectivity index (χ1v) is 7.92. The normalized spacial score (nSPS) is 31.6. The van der Waals surface area contributed by atoms with Crippen LogP contribution in [0.2, 0.25) is 0 Å². The van der Waals surface area contributed by atoms with Gasteiger partial charge >= 0.3 is 0 Å². The third-order valence-corrected chi connectivity index (χ3v) is 4.13. The second-order valence-corrected chi connectivity index (χ2v) is 5.74. The fourth-order valence-electron chi connectivity index (χ4n) is 2.93. The molecule has 2 heterocycles. The van der Waals surface area contributed by atoms with Crippen molar-refractivity contribution in [3.8, 4) is 12.3 Å². The predicted molar refractivity (Wildman–Crippen MR) is 85.2 cm³/mol. The lowest BCUT2D eigenvalue weighted by Gasteiger charge is -2.35. The van der Waals surface area contributed by atoms with E-state index in [9.17, 15) is 0 Å². The summed E-state index contributed by atoms with van der Waals surface area (Å²) in [5.41, 5.74) is 1.14. The van der Waals surface area contributed by atoms with Gasteiger partial charge in [-0.1, -0.05) is 48.4 Å². The molecular weight excluding hydrogens is 276 g/mol. The Kier molecular flexibility index (Phi) is 5.29. The Morgan fingerprint density at radius 2 is 2.14 bits per heavy atom. The van der Waals surface area contributed by atoms with Gasteiger partial charge in [-0.3, -0.25) is 0 Å². The molecule has 3 heteroatoms. The number of fused-ring (bicyclic) bond motifs is 1. The van der Waals surface area contributed by atoms with Crippen molar-refractivity contribution in [2.45, 2.75) is 50.3 Å². The smallest absolute Gasteiger partial charge is 0.144 e. The molecule has 0 amide bonds. The number of benzene rings is 1. The summed E-state index contributed by atoms with van der Waals surface area (Å²) in [5, 5.41) is 0. The summed E-state index contributed by atoms with van der Waals surface area (Å²) in [5.74, 6) is 2.75. The van der Waals surface area contributed by atoms with Crippen molar-refractivity contribution in [2.24, 2.45) is 0 Å². The van der Waals surface area contributed by atoms with Crippen LogP contribution < -0.4 is 0 Å². The molecule has 1 aromatic rings. The standard InChI is InChI=1S/C19H22O3/c1-2-16-17(21-14-15-8-4-3-5-9-15)10-6-11-18-19(22-16)12-7-13-20-18/h1,3-6,8-9,11,16-19H,7,10,12-14H2/t16-,17+,18-,19+/m1/s1. The molecule has 3 rings (SSSR count). The highest BCUT2D eigenvalue weighted by Crippen LogP contribution is 2.25. The molecule has 0 N–H and O–H groups in total. The maximum Gasteiger partial charge on any atom is 0.144 e. The van der Waals surface area contributed by atoms with Gasteiger partial charge < -0.3 is 14.2 Å². The van der Waals surface area contributed by atoms with Gasteiger partial charge in [0.2, 0.25) is 0 Å². The van der Waals surface area contributed by atoms with E-state index in [1.54, 1.807) is 0 Å². The van der Waals surface area contributed by atoms with Crippen molar-refractivity contribution >= 4 is 0 Å². The number of hydrogen-bond donors (Lipinski definition) is 0. The topological polar surface area (TPSA) is 27.7 Å². The second kappa shape index (κ2) is 7.60. The fraction of sp³-hybridized carbons (Fsp3) is 0.474. The predicted octanol–water partition coefficient (Wildman–Crippen LogP) is 3.10. The van der Waals surface area contributed by atoms with Crippen molar-refractivity contribution in [1.82, 2.24) is 0 Å². The van der Waals surface area contributed by atoms with E-state index in [1.165, 1.54) is 0 Å². The molecule has 0 aromatic heterocycles. The molecule has 0 unspecified atom stereocenters. The Balaban J connectivity index is 1.66. The second-order valence-electron chi connectivity index (χ2n) is 5.74. The SMILES string of the molecule is C#C[C@H]1O[C@H]2CCCO[C@@H]2C=CC[C@@H]1OCc1ccccc1. The highest BCUT2D eigenvalue weighted by molar-refractivity contribution is 5.14. The highest BCUT2D eigenvalue weighted by atomic mass is 16.6. The third kappa shape index (κ3) is 3.78. The summed E-state index contributed by atoms with van der Waals surface area (Å²) in [6.45, 7) is 1.34. The Morgan fingerprint density at radius 3 is 2.95 bits per heavy atom. The largest absolute Gasteiger partial charge is 0.371 e. The Labute approximate surface area is 132 Å². The zero-order valence-electron chi connectivity index (χ0n) is 12.7. The molecule has 0 bridgehead atoms. The van der Waals surface area contributed by atoms with Gasteiger partial charge in [0, 0.05) is 6.61 Å². The molecule has 0 aliphatic carbocycles. The van der Waals surface area contributed by atoms with Gasteiger partial charge in [-0.25, -0.2) is 0 Å². The van der Waals surface area contributed by atoms with E-state index in [0.717, 1.165) is 31.4 Å². The van der Waals surface area contributed by atoms with Gasteiger partial charge in [0.15, 0.2) is 0 Å². The average molecular weight is 298 g/mol. The van der Waals surface area contributed by atoms with Crippen molar-refractivity contribution < 1.29 is 14.2 Å². The van der Waals surface area contributed by atoms with Gasteiger partial charge in [0.1, 0.15) is 12.2 Å². The molecule has 0 spiro atoms. The van der Waals surface area contributed by atoms with E-state index < -0.39 is 0 Å². The minimum atomic E-state index is -0.331. The van der Waals surface area contributed by atoms with E-state index in [4.69, 9.17) is 20.6 Å². The van der Waals surface area contributed by atoms with Gasteiger partial charge in [0.05, 0.1) is 18.8 Å². The molecule has 116 valence electrons. The van der Waals surface area contributed by atoms with Crippen LogP contribution in [0.4, 0.5) is 0 Å². The molecule has 1 saturated heterocycles. The molecule has 2 aliphatic heterocycles. The van der Waals surface area contributed by atoms with Crippen molar-refractivity contribution in [2.75, 3.05) is 6.61 Å². The van der Waals surface area contributed by atoms with Crippen LogP contribution in [0.3, 0.4) is 0 Å². The van der Waals surface area contributed by atoms with Crippen molar-refractivity contribution in [3.05, 3.63) is 48.0 Å². The molecular formula is C19H22O3. The van der Waals surface area contributed by atoms with Crippen LogP contribution in [0.25, 0.3) is 0 Å². The first-order valence-electron chi connectivity index (χ1n) is 7.92. The number of rotatable bonds is 3. The van der Waals surface area contributed by atoms with Crippen molar-refractivity contribution in [1.29, 1.82) is 0 Å². The number of hydrogen-bond acceptors (Lipinski definition) is 3. The maximum absolute atomic E-state index is 6.11. The zero-order valence-corrected chi connectivity index (χ0v) is 12.7. The van der Waals surface area contributed by atoms with E-state index in [2.05, 4.69) is 30.2 Å². The highest BCUT2D eigenvalue weighted by Gasteiger charge is 2.32. The van der Waals surface area contributed by atoms with Gasteiger partial charge in [-0.15, -0.1) is 6.42 Å². The molecule has 0 radical (unpaired) electrons. The first kappa shape index (κ1) is 15.3. The number of terminal acetylenes is 1. The zero-order chi connectivity index (χ0) is 15.2. The van der Waals surface area contributed by atoms with Crippen LogP contribution in [0, 0.1) is 12.3 Å². The lowest BCUT2D eigenvalue weighted by atomic mass is 10.0. The average Bonchev–Trinajstić information content (AvgIpc) is 2.56. The van der Waals surface area contributed by atoms with Gasteiger partial charge in [-0.2, -0.15) is 0 Å². The van der Waals surface area contributed by atoms with E-state index in [1.807, 2.05) is 18.2 Å². The molecule has 2 aliphatic rings. The van der Waals surface area contributed by atoms with Crippen LogP contribution >= 0.6 is 0 Å². The van der Waals surface area contributed by atoms with Crippen LogP contribution in [-0.2, 0) is 20.8 Å². The quantitative estimate of drug-likeness (QED) is 0.634. The summed E-state index contributed by atoms with van der Waals surface area (Å²) >= 11 is 0. The maximum atomic E-state index is 6.11. The summed E-state index contributed by atoms with van der Waals surface area (Å²) in [7, 11) is 0. The van der Waals surface area contributed by atoms with E-state index >= 15 is 0 Å². The van der Waals surface area contributed by atoms with Gasteiger partial charge in [-0.05, 0) is 24.8 Å². The summed E-state index contributed by atoms with van der Waals surface area (Å²) in [6, 6.07) is 10.1. The summed E-state index contributed by atoms with van der Waals surface area (Å²) < 4.78 is 17.9. The van der Waals surface area contributed by atoms with Crippen LogP contribution in [0.5, 0.6) is 0 Å². The minimum Gasteiger partial charge on any atom is -0.371 e. The molecule has 4 atom stereocenters. The summed E-state index contributed by atoms with van der Waals surface area (Å²) in [4.78, 5) is 0. The van der Waals surface area contributed by atoms with Crippen LogP contribution in [0.15, 0.2) is 42.5 Å². The third-order valence-electron chi connectivity index (χ3n) is 4.13. The van der Waals surface area contributed by atoms with E-state index in [0.29, 0.717) is 6.61 Å². The molecule has 22 heavy (non-hydrogen) atoms. The lowest BCUT2D eigenvalue weighted by molar-refractivity contribution is -0.138. The van der Waals surface area contributed by atoms with E-state index in [-0.39, 0.29) is 24.4 Å². The van der Waals surface area contributed by atoms with Gasteiger partial charge in [0.25, 0.3) is 0 Å². The Bertz CT molecular complexity index is 531. The first-order chi connectivity index (χ1) is 10.9. The molecule has 0 saturated carbocycles.